The summed E-state index contributed by atoms with van der Waals surface area (Å²) in [6.07, 6.45) is 1.84. The van der Waals surface area contributed by atoms with Crippen molar-refractivity contribution in [1.82, 2.24) is 20.1 Å². The fraction of sp³-hybridized carbons (Fsp3) is 0.786. The van der Waals surface area contributed by atoms with Crippen molar-refractivity contribution in [3.8, 4) is 0 Å². The molecule has 120 valence electrons. The molecule has 0 aliphatic carbocycles. The molecule has 3 N–H and O–H groups in total. The quantitative estimate of drug-likeness (QED) is 0.620. The Kier molecular flexibility index (Phi) is 5.43. The van der Waals surface area contributed by atoms with Crippen LogP contribution in [0.1, 0.15) is 45.5 Å². The van der Waals surface area contributed by atoms with E-state index in [0.29, 0.717) is 0 Å². The summed E-state index contributed by atoms with van der Waals surface area (Å²) in [5.41, 5.74) is 3.95. The molecule has 1 atom stereocenters. The van der Waals surface area contributed by atoms with Gasteiger partial charge in [-0.05, 0) is 43.6 Å². The van der Waals surface area contributed by atoms with Crippen molar-refractivity contribution < 1.29 is 4.74 Å². The molecule has 2 rings (SSSR count). The summed E-state index contributed by atoms with van der Waals surface area (Å²) >= 11 is 3.62. The van der Waals surface area contributed by atoms with Gasteiger partial charge in [0.15, 0.2) is 0 Å². The highest BCUT2D eigenvalue weighted by Crippen LogP contribution is 2.35. The van der Waals surface area contributed by atoms with E-state index in [9.17, 15) is 0 Å². The van der Waals surface area contributed by atoms with E-state index in [4.69, 9.17) is 10.6 Å². The van der Waals surface area contributed by atoms with Crippen molar-refractivity contribution in [3.05, 3.63) is 16.4 Å². The summed E-state index contributed by atoms with van der Waals surface area (Å²) in [7, 11) is 0. The Bertz CT molecular complexity index is 468. The number of aromatic nitrogens is 2. The van der Waals surface area contributed by atoms with Gasteiger partial charge in [-0.1, -0.05) is 0 Å². The Labute approximate surface area is 135 Å². The molecule has 1 aromatic rings. The second-order valence-corrected chi connectivity index (χ2v) is 7.12. The molecule has 7 heteroatoms. The van der Waals surface area contributed by atoms with Crippen LogP contribution in [0.5, 0.6) is 0 Å². The number of hydrazine groups is 1. The first kappa shape index (κ1) is 16.9. The lowest BCUT2D eigenvalue weighted by molar-refractivity contribution is -0.0251. The third kappa shape index (κ3) is 3.32. The van der Waals surface area contributed by atoms with Crippen LogP contribution in [0.2, 0.25) is 0 Å². The van der Waals surface area contributed by atoms with Crippen LogP contribution >= 0.6 is 15.9 Å². The van der Waals surface area contributed by atoms with Crippen LogP contribution < -0.4 is 11.3 Å². The Morgan fingerprint density at radius 3 is 2.52 bits per heavy atom. The van der Waals surface area contributed by atoms with Gasteiger partial charge in [-0.3, -0.25) is 15.4 Å². The van der Waals surface area contributed by atoms with Gasteiger partial charge in [0.2, 0.25) is 0 Å². The maximum Gasteiger partial charge on any atom is 0.0818 e. The van der Waals surface area contributed by atoms with Crippen molar-refractivity contribution in [1.29, 1.82) is 0 Å². The van der Waals surface area contributed by atoms with Crippen molar-refractivity contribution in [2.24, 2.45) is 5.84 Å². The Hall–Kier alpha value is -0.470. The average Bonchev–Trinajstić information content (AvgIpc) is 2.83. The van der Waals surface area contributed by atoms with Gasteiger partial charge in [0.25, 0.3) is 0 Å². The van der Waals surface area contributed by atoms with Crippen LogP contribution in [0.3, 0.4) is 0 Å². The van der Waals surface area contributed by atoms with Gasteiger partial charge < -0.3 is 4.74 Å². The van der Waals surface area contributed by atoms with E-state index in [2.05, 4.69) is 59.0 Å². The summed E-state index contributed by atoms with van der Waals surface area (Å²) < 4.78 is 8.48. The first-order chi connectivity index (χ1) is 9.89. The topological polar surface area (TPSA) is 68.3 Å². The molecule has 1 fully saturated rings. The number of nitrogens with one attached hydrogen (secondary N) is 1. The minimum absolute atomic E-state index is 0.0325. The molecule has 1 aromatic heterocycles. The molecular weight excluding hydrogens is 334 g/mol. The highest BCUT2D eigenvalue weighted by molar-refractivity contribution is 9.10. The minimum atomic E-state index is -0.145. The lowest BCUT2D eigenvalue weighted by Gasteiger charge is -2.45. The fourth-order valence-electron chi connectivity index (χ4n) is 2.97. The van der Waals surface area contributed by atoms with E-state index < -0.39 is 0 Å². The van der Waals surface area contributed by atoms with Gasteiger partial charge in [0, 0.05) is 24.7 Å². The lowest BCUT2D eigenvalue weighted by atomic mass is 9.89. The minimum Gasteiger partial charge on any atom is -0.379 e. The van der Waals surface area contributed by atoms with Crippen molar-refractivity contribution in [2.45, 2.75) is 45.3 Å². The molecule has 1 saturated heterocycles. The van der Waals surface area contributed by atoms with E-state index in [1.807, 2.05) is 10.9 Å². The molecule has 0 spiro atoms. The second-order valence-electron chi connectivity index (χ2n) is 6.27. The van der Waals surface area contributed by atoms with Crippen molar-refractivity contribution in [3.63, 3.8) is 0 Å². The summed E-state index contributed by atoms with van der Waals surface area (Å²) in [5, 5.41) is 4.47. The van der Waals surface area contributed by atoms with Gasteiger partial charge in [-0.2, -0.15) is 5.10 Å². The third-order valence-electron chi connectivity index (χ3n) is 4.25. The first-order valence-corrected chi connectivity index (χ1v) is 8.20. The van der Waals surface area contributed by atoms with E-state index in [0.717, 1.165) is 36.5 Å². The fourth-order valence-corrected chi connectivity index (χ4v) is 3.47. The zero-order valence-corrected chi connectivity index (χ0v) is 14.9. The number of nitrogens with two attached hydrogens (primary N) is 1. The monoisotopic (exact) mass is 359 g/mol. The maximum atomic E-state index is 5.92. The predicted molar refractivity (Wildman–Crippen MR) is 86.8 cm³/mol. The van der Waals surface area contributed by atoms with Gasteiger partial charge in [0.1, 0.15) is 0 Å². The van der Waals surface area contributed by atoms with Gasteiger partial charge >= 0.3 is 0 Å². The van der Waals surface area contributed by atoms with Crippen molar-refractivity contribution >= 4 is 15.9 Å². The Balaban J connectivity index is 2.36. The van der Waals surface area contributed by atoms with E-state index in [-0.39, 0.29) is 17.6 Å². The average molecular weight is 360 g/mol. The van der Waals surface area contributed by atoms with Crippen LogP contribution in [0.25, 0.3) is 0 Å². The molecule has 1 aliphatic heterocycles. The summed E-state index contributed by atoms with van der Waals surface area (Å²) in [6, 6.07) is 0.248. The van der Waals surface area contributed by atoms with Crippen LogP contribution in [0.15, 0.2) is 10.7 Å². The summed E-state index contributed by atoms with van der Waals surface area (Å²) in [4.78, 5) is 2.42. The second kappa shape index (κ2) is 6.75. The van der Waals surface area contributed by atoms with E-state index in [1.54, 1.807) is 0 Å². The number of nitrogens with zero attached hydrogens (tertiary/aromatic N) is 3. The largest absolute Gasteiger partial charge is 0.379 e. The molecule has 6 nitrogen and oxygen atoms in total. The molecule has 0 aromatic carbocycles. The predicted octanol–water partition coefficient (Wildman–Crippen LogP) is 1.84. The lowest BCUT2D eigenvalue weighted by Crippen LogP contribution is -2.57. The zero-order valence-electron chi connectivity index (χ0n) is 13.3. The SMILES string of the molecule is CC(C)n1ncc(Br)c1C(NN)C(C)(C)N1CCOCC1. The number of rotatable bonds is 5. The molecule has 21 heavy (non-hydrogen) atoms. The van der Waals surface area contributed by atoms with Gasteiger partial charge in [-0.15, -0.1) is 0 Å². The Morgan fingerprint density at radius 1 is 1.38 bits per heavy atom. The van der Waals surface area contributed by atoms with Crippen LogP contribution in [-0.2, 0) is 4.74 Å². The van der Waals surface area contributed by atoms with Gasteiger partial charge in [-0.25, -0.2) is 5.43 Å². The standard InChI is InChI=1S/C14H26BrN5O/c1-10(2)20-12(11(15)9-17-20)13(18-16)14(3,4)19-5-7-21-8-6-19/h9-10,13,18H,5-8,16H2,1-4H3. The molecule has 1 unspecified atom stereocenters. The molecule has 0 bridgehead atoms. The highest BCUT2D eigenvalue weighted by atomic mass is 79.9. The normalized spacial score (nSPS) is 19.2. The molecule has 0 amide bonds. The van der Waals surface area contributed by atoms with E-state index >= 15 is 0 Å². The van der Waals surface area contributed by atoms with E-state index in [1.165, 1.54) is 0 Å². The maximum absolute atomic E-state index is 5.92. The molecule has 1 aliphatic rings. The number of morpholine rings is 1. The number of ether oxygens (including phenoxy) is 1. The van der Waals surface area contributed by atoms with Crippen LogP contribution in [-0.4, -0.2) is 46.5 Å². The first-order valence-electron chi connectivity index (χ1n) is 7.41. The molecule has 0 radical (unpaired) electrons. The van der Waals surface area contributed by atoms with Crippen LogP contribution in [0.4, 0.5) is 0 Å². The zero-order chi connectivity index (χ0) is 15.6. The molecule has 0 saturated carbocycles. The van der Waals surface area contributed by atoms with Crippen LogP contribution in [0, 0.1) is 0 Å². The third-order valence-corrected chi connectivity index (χ3v) is 4.86. The summed E-state index contributed by atoms with van der Waals surface area (Å²) in [6.45, 7) is 12.0. The smallest absolute Gasteiger partial charge is 0.0818 e. The number of hydrogen-bond acceptors (Lipinski definition) is 5. The number of halogens is 1. The molecular formula is C14H26BrN5O. The number of hydrogen-bond donors (Lipinski definition) is 2. The summed E-state index contributed by atoms with van der Waals surface area (Å²) in [5.74, 6) is 5.92. The Morgan fingerprint density at radius 2 is 2.00 bits per heavy atom. The van der Waals surface area contributed by atoms with Crippen molar-refractivity contribution in [2.75, 3.05) is 26.3 Å². The van der Waals surface area contributed by atoms with Gasteiger partial charge in [0.05, 0.1) is 35.6 Å². The highest BCUT2D eigenvalue weighted by Gasteiger charge is 2.39. The molecule has 2 heterocycles.